The summed E-state index contributed by atoms with van der Waals surface area (Å²) in [5.74, 6) is -1.44. The van der Waals surface area contributed by atoms with E-state index < -0.39 is 26.6 Å². The maximum atomic E-state index is 13.8. The van der Waals surface area contributed by atoms with Crippen molar-refractivity contribution in [2.75, 3.05) is 18.4 Å². The maximum absolute atomic E-state index is 13.8. The Kier molecular flexibility index (Phi) is 8.12. The van der Waals surface area contributed by atoms with Gasteiger partial charge in [0.15, 0.2) is 0 Å². The first-order valence-electron chi connectivity index (χ1n) is 5.74. The third-order valence-electron chi connectivity index (χ3n) is 2.29. The number of anilines is 1. The molecule has 4 N–H and O–H groups in total. The third-order valence-corrected chi connectivity index (χ3v) is 4.08. The number of halogens is 3. The van der Waals surface area contributed by atoms with Gasteiger partial charge in [0.1, 0.15) is 10.7 Å². The van der Waals surface area contributed by atoms with E-state index in [-0.39, 0.29) is 29.7 Å². The van der Waals surface area contributed by atoms with Gasteiger partial charge < -0.3 is 11.1 Å². The minimum Gasteiger partial charge on any atom is -0.330 e. The van der Waals surface area contributed by atoms with Gasteiger partial charge >= 0.3 is 0 Å². The van der Waals surface area contributed by atoms with Crippen LogP contribution in [-0.4, -0.2) is 27.4 Å². The Bertz CT molecular complexity index is 611. The molecule has 0 atom stereocenters. The molecular weight excluding hydrogens is 344 g/mol. The van der Waals surface area contributed by atoms with Crippen molar-refractivity contribution < 1.29 is 17.6 Å². The second kappa shape index (κ2) is 8.50. The molecule has 1 aromatic carbocycles. The number of rotatable bonds is 6. The first-order valence-corrected chi connectivity index (χ1v) is 7.60. The van der Waals surface area contributed by atoms with Crippen molar-refractivity contribution in [3.05, 3.63) is 23.0 Å². The van der Waals surface area contributed by atoms with Crippen molar-refractivity contribution in [1.82, 2.24) is 4.72 Å². The number of benzene rings is 1. The number of carbonyl (C=O) groups excluding carboxylic acids is 1. The molecular formula is C11H16Cl2FN3O3S. The molecule has 0 aliphatic rings. The number of nitrogens with one attached hydrogen (secondary N) is 2. The summed E-state index contributed by atoms with van der Waals surface area (Å²) in [6.45, 7) is 1.64. The molecule has 0 saturated heterocycles. The van der Waals surface area contributed by atoms with Crippen LogP contribution in [0, 0.1) is 5.82 Å². The van der Waals surface area contributed by atoms with Gasteiger partial charge in [-0.2, -0.15) is 0 Å². The van der Waals surface area contributed by atoms with Crippen LogP contribution in [0.5, 0.6) is 0 Å². The van der Waals surface area contributed by atoms with Crippen molar-refractivity contribution in [3.63, 3.8) is 0 Å². The van der Waals surface area contributed by atoms with Crippen LogP contribution < -0.4 is 15.8 Å². The fourth-order valence-electron chi connectivity index (χ4n) is 1.41. The van der Waals surface area contributed by atoms with Crippen LogP contribution in [0.3, 0.4) is 0 Å². The summed E-state index contributed by atoms with van der Waals surface area (Å²) in [5, 5.41) is 2.23. The molecule has 0 bridgehead atoms. The summed E-state index contributed by atoms with van der Waals surface area (Å²) >= 11 is 5.82. The summed E-state index contributed by atoms with van der Waals surface area (Å²) in [6.07, 6.45) is 0.429. The molecule has 0 saturated carbocycles. The predicted molar refractivity (Wildman–Crippen MR) is 81.8 cm³/mol. The Morgan fingerprint density at radius 3 is 2.57 bits per heavy atom. The van der Waals surface area contributed by atoms with E-state index in [0.29, 0.717) is 13.0 Å². The van der Waals surface area contributed by atoms with E-state index in [1.165, 1.54) is 6.92 Å². The molecule has 120 valence electrons. The quantitative estimate of drug-likeness (QED) is 0.669. The summed E-state index contributed by atoms with van der Waals surface area (Å²) in [6, 6.07) is 1.81. The van der Waals surface area contributed by atoms with Crippen molar-refractivity contribution in [3.8, 4) is 0 Å². The van der Waals surface area contributed by atoms with E-state index in [0.717, 1.165) is 12.1 Å². The number of hydrogen-bond donors (Lipinski definition) is 3. The van der Waals surface area contributed by atoms with E-state index in [2.05, 4.69) is 10.0 Å². The van der Waals surface area contributed by atoms with Crippen LogP contribution in [0.4, 0.5) is 10.1 Å². The highest BCUT2D eigenvalue weighted by atomic mass is 35.5. The van der Waals surface area contributed by atoms with Gasteiger partial charge in [-0.05, 0) is 19.0 Å². The van der Waals surface area contributed by atoms with Gasteiger partial charge in [-0.1, -0.05) is 11.6 Å². The molecule has 1 amide bonds. The normalized spacial score (nSPS) is 10.9. The van der Waals surface area contributed by atoms with Crippen LogP contribution in [-0.2, 0) is 14.8 Å². The van der Waals surface area contributed by atoms with E-state index in [1.807, 2.05) is 0 Å². The van der Waals surface area contributed by atoms with Gasteiger partial charge in [-0.25, -0.2) is 17.5 Å². The lowest BCUT2D eigenvalue weighted by atomic mass is 10.3. The van der Waals surface area contributed by atoms with Gasteiger partial charge in [-0.3, -0.25) is 4.79 Å². The molecule has 0 spiro atoms. The molecule has 0 heterocycles. The molecule has 1 rings (SSSR count). The first-order chi connectivity index (χ1) is 9.27. The van der Waals surface area contributed by atoms with Crippen molar-refractivity contribution in [2.45, 2.75) is 18.2 Å². The summed E-state index contributed by atoms with van der Waals surface area (Å²) in [5.41, 5.74) is 5.26. The molecule has 21 heavy (non-hydrogen) atoms. The highest BCUT2D eigenvalue weighted by molar-refractivity contribution is 7.89. The lowest BCUT2D eigenvalue weighted by molar-refractivity contribution is -0.114. The Hall–Kier alpha value is -0.930. The average molecular weight is 360 g/mol. The van der Waals surface area contributed by atoms with Crippen LogP contribution in [0.15, 0.2) is 17.0 Å². The van der Waals surface area contributed by atoms with E-state index >= 15 is 0 Å². The number of sulfonamides is 1. The zero-order valence-corrected chi connectivity index (χ0v) is 13.5. The number of amides is 1. The second-order valence-corrected chi connectivity index (χ2v) is 6.13. The molecule has 1 aromatic rings. The van der Waals surface area contributed by atoms with Gasteiger partial charge in [-0.15, -0.1) is 12.4 Å². The Morgan fingerprint density at radius 1 is 1.43 bits per heavy atom. The lowest BCUT2D eigenvalue weighted by Gasteiger charge is -2.10. The molecule has 10 heteroatoms. The van der Waals surface area contributed by atoms with Gasteiger partial charge in [0.2, 0.25) is 15.9 Å². The van der Waals surface area contributed by atoms with E-state index in [4.69, 9.17) is 17.3 Å². The van der Waals surface area contributed by atoms with Crippen molar-refractivity contribution >= 4 is 45.6 Å². The molecule has 0 unspecified atom stereocenters. The minimum absolute atomic E-state index is 0. The maximum Gasteiger partial charge on any atom is 0.243 e. The average Bonchev–Trinajstić information content (AvgIpc) is 2.32. The van der Waals surface area contributed by atoms with Gasteiger partial charge in [0.05, 0.1) is 10.7 Å². The standard InChI is InChI=1S/C11H15ClFN3O3S.ClH/c1-7(17)16-10-6-9(13)11(5-8(10)12)20(18,19)15-4-2-3-14;/h5-6,15H,2-4,14H2,1H3,(H,16,17);1H. The highest BCUT2D eigenvalue weighted by Crippen LogP contribution is 2.28. The third kappa shape index (κ3) is 5.76. The molecule has 0 fully saturated rings. The largest absolute Gasteiger partial charge is 0.330 e. The van der Waals surface area contributed by atoms with Gasteiger partial charge in [0.25, 0.3) is 0 Å². The smallest absolute Gasteiger partial charge is 0.243 e. The zero-order chi connectivity index (χ0) is 15.3. The van der Waals surface area contributed by atoms with Crippen molar-refractivity contribution in [2.24, 2.45) is 5.73 Å². The Balaban J connectivity index is 0.00000400. The lowest BCUT2D eigenvalue weighted by Crippen LogP contribution is -2.27. The Morgan fingerprint density at radius 2 is 2.05 bits per heavy atom. The van der Waals surface area contributed by atoms with Crippen LogP contribution in [0.2, 0.25) is 5.02 Å². The van der Waals surface area contributed by atoms with E-state index in [1.54, 1.807) is 0 Å². The monoisotopic (exact) mass is 359 g/mol. The molecule has 0 aromatic heterocycles. The fraction of sp³-hybridized carbons (Fsp3) is 0.364. The van der Waals surface area contributed by atoms with Crippen LogP contribution in [0.25, 0.3) is 0 Å². The second-order valence-electron chi connectivity index (χ2n) is 3.98. The fourth-order valence-corrected chi connectivity index (χ4v) is 2.84. The van der Waals surface area contributed by atoms with E-state index in [9.17, 15) is 17.6 Å². The summed E-state index contributed by atoms with van der Waals surface area (Å²) in [7, 11) is -4.01. The van der Waals surface area contributed by atoms with Crippen LogP contribution >= 0.6 is 24.0 Å². The number of carbonyl (C=O) groups is 1. The first kappa shape index (κ1) is 20.1. The molecule has 0 aliphatic heterocycles. The number of hydrogen-bond acceptors (Lipinski definition) is 4. The summed E-state index contributed by atoms with van der Waals surface area (Å²) < 4.78 is 39.8. The van der Waals surface area contributed by atoms with Crippen LogP contribution in [0.1, 0.15) is 13.3 Å². The summed E-state index contributed by atoms with van der Waals surface area (Å²) in [4.78, 5) is 10.3. The predicted octanol–water partition coefficient (Wildman–Crippen LogP) is 1.49. The Labute approximate surface area is 133 Å². The topological polar surface area (TPSA) is 101 Å². The van der Waals surface area contributed by atoms with Gasteiger partial charge in [0, 0.05) is 19.5 Å². The van der Waals surface area contributed by atoms with Crippen molar-refractivity contribution in [1.29, 1.82) is 0 Å². The molecule has 6 nitrogen and oxygen atoms in total. The SMILES string of the molecule is CC(=O)Nc1cc(F)c(S(=O)(=O)NCCCN)cc1Cl.Cl. The number of nitrogens with two attached hydrogens (primary N) is 1. The zero-order valence-electron chi connectivity index (χ0n) is 11.2. The molecule has 0 aliphatic carbocycles. The minimum atomic E-state index is -4.01. The molecule has 0 radical (unpaired) electrons. The highest BCUT2D eigenvalue weighted by Gasteiger charge is 2.21.